The van der Waals surface area contributed by atoms with Crippen LogP contribution in [0.5, 0.6) is 0 Å². The van der Waals surface area contributed by atoms with Crippen molar-refractivity contribution in [1.29, 1.82) is 0 Å². The number of hydrogen-bond acceptors (Lipinski definition) is 3. The van der Waals surface area contributed by atoms with E-state index in [1.807, 2.05) is 0 Å². The molecule has 1 saturated carbocycles. The Morgan fingerprint density at radius 3 is 2.47 bits per heavy atom. The molecule has 2 aliphatic rings. The summed E-state index contributed by atoms with van der Waals surface area (Å²) < 4.78 is 6.02. The lowest BCUT2D eigenvalue weighted by Crippen LogP contribution is -2.45. The maximum Gasteiger partial charge on any atom is 0.0597 e. The Labute approximate surface area is 106 Å². The van der Waals surface area contributed by atoms with Crippen LogP contribution in [0.25, 0.3) is 0 Å². The number of ether oxygens (including phenoxy) is 1. The summed E-state index contributed by atoms with van der Waals surface area (Å²) in [7, 11) is 0. The fraction of sp³-hybridized carbons (Fsp3) is 1.00. The van der Waals surface area contributed by atoms with Gasteiger partial charge in [0.15, 0.2) is 0 Å². The lowest BCUT2D eigenvalue weighted by atomic mass is 9.76. The van der Waals surface area contributed by atoms with Crippen LogP contribution in [0.15, 0.2) is 0 Å². The summed E-state index contributed by atoms with van der Waals surface area (Å²) in [5, 5.41) is 3.38. The average Bonchev–Trinajstić information content (AvgIpc) is 2.33. The largest absolute Gasteiger partial charge is 0.377 e. The van der Waals surface area contributed by atoms with Gasteiger partial charge in [-0.25, -0.2) is 0 Å². The highest BCUT2D eigenvalue weighted by Crippen LogP contribution is 2.36. The minimum Gasteiger partial charge on any atom is -0.377 e. The van der Waals surface area contributed by atoms with Crippen LogP contribution in [0, 0.1) is 5.41 Å². The van der Waals surface area contributed by atoms with Gasteiger partial charge < -0.3 is 10.1 Å². The zero-order chi connectivity index (χ0) is 12.1. The zero-order valence-corrected chi connectivity index (χ0v) is 11.5. The summed E-state index contributed by atoms with van der Waals surface area (Å²) in [6.45, 7) is 11.4. The maximum atomic E-state index is 6.02. The molecule has 100 valence electrons. The number of rotatable bonds is 4. The monoisotopic (exact) mass is 240 g/mol. The normalized spacial score (nSPS) is 27.2. The Morgan fingerprint density at radius 2 is 1.82 bits per heavy atom. The third kappa shape index (κ3) is 4.57. The van der Waals surface area contributed by atoms with Crippen molar-refractivity contribution >= 4 is 0 Å². The second kappa shape index (κ2) is 6.17. The zero-order valence-electron chi connectivity index (χ0n) is 11.5. The molecule has 0 unspecified atom stereocenters. The molecular formula is C14H28N2O. The van der Waals surface area contributed by atoms with Crippen molar-refractivity contribution in [2.75, 3.05) is 39.3 Å². The molecule has 1 aliphatic heterocycles. The molecule has 17 heavy (non-hydrogen) atoms. The molecule has 1 N–H and O–H groups in total. The van der Waals surface area contributed by atoms with Gasteiger partial charge in [0.1, 0.15) is 0 Å². The Hall–Kier alpha value is -0.120. The summed E-state index contributed by atoms with van der Waals surface area (Å²) in [4.78, 5) is 2.50. The van der Waals surface area contributed by atoms with Crippen molar-refractivity contribution in [3.63, 3.8) is 0 Å². The van der Waals surface area contributed by atoms with Crippen LogP contribution in [0.3, 0.4) is 0 Å². The van der Waals surface area contributed by atoms with E-state index in [0.717, 1.165) is 26.2 Å². The lowest BCUT2D eigenvalue weighted by Gasteiger charge is -2.34. The molecule has 0 amide bonds. The third-order valence-corrected chi connectivity index (χ3v) is 4.26. The van der Waals surface area contributed by atoms with Gasteiger partial charge in [-0.1, -0.05) is 13.8 Å². The molecule has 1 aliphatic carbocycles. The second-order valence-corrected chi connectivity index (χ2v) is 6.33. The quantitative estimate of drug-likeness (QED) is 0.812. The van der Waals surface area contributed by atoms with E-state index in [0.29, 0.717) is 11.5 Å². The Morgan fingerprint density at radius 1 is 1.18 bits per heavy atom. The maximum absolute atomic E-state index is 6.02. The van der Waals surface area contributed by atoms with E-state index in [1.165, 1.54) is 38.8 Å². The first kappa shape index (κ1) is 13.3. The highest BCUT2D eigenvalue weighted by Gasteiger charge is 2.27. The fourth-order valence-corrected chi connectivity index (χ4v) is 2.82. The molecule has 0 radical (unpaired) electrons. The molecule has 1 saturated heterocycles. The first-order valence-electron chi connectivity index (χ1n) is 7.20. The molecule has 3 heteroatoms. The molecular weight excluding hydrogens is 212 g/mol. The standard InChI is InChI=1S/C14H28N2O/c1-14(2)5-3-13(4-6-14)17-12-11-16-9-7-15-8-10-16/h13,15H,3-12H2,1-2H3. The summed E-state index contributed by atoms with van der Waals surface area (Å²) >= 11 is 0. The summed E-state index contributed by atoms with van der Waals surface area (Å²) in [5.41, 5.74) is 0.554. The van der Waals surface area contributed by atoms with E-state index >= 15 is 0 Å². The highest BCUT2D eigenvalue weighted by molar-refractivity contribution is 4.79. The predicted molar refractivity (Wildman–Crippen MR) is 71.3 cm³/mol. The molecule has 2 fully saturated rings. The fourth-order valence-electron chi connectivity index (χ4n) is 2.82. The van der Waals surface area contributed by atoms with Crippen molar-refractivity contribution in [3.8, 4) is 0 Å². The van der Waals surface area contributed by atoms with Gasteiger partial charge in [-0.05, 0) is 31.1 Å². The molecule has 0 aromatic heterocycles. The predicted octanol–water partition coefficient (Wildman–Crippen LogP) is 1.88. The first-order valence-corrected chi connectivity index (χ1v) is 7.20. The molecule has 0 aromatic rings. The minimum atomic E-state index is 0.533. The number of nitrogens with zero attached hydrogens (tertiary/aromatic N) is 1. The molecule has 0 bridgehead atoms. The minimum absolute atomic E-state index is 0.533. The van der Waals surface area contributed by atoms with Gasteiger partial charge in [0.05, 0.1) is 12.7 Å². The summed E-state index contributed by atoms with van der Waals surface area (Å²) in [5.74, 6) is 0. The van der Waals surface area contributed by atoms with Crippen LogP contribution in [0.1, 0.15) is 39.5 Å². The number of piperazine rings is 1. The van der Waals surface area contributed by atoms with Crippen molar-refractivity contribution in [1.82, 2.24) is 10.2 Å². The van der Waals surface area contributed by atoms with E-state index in [-0.39, 0.29) is 0 Å². The van der Waals surface area contributed by atoms with E-state index in [9.17, 15) is 0 Å². The van der Waals surface area contributed by atoms with Gasteiger partial charge >= 0.3 is 0 Å². The van der Waals surface area contributed by atoms with Crippen LogP contribution < -0.4 is 5.32 Å². The van der Waals surface area contributed by atoms with E-state index in [4.69, 9.17) is 4.74 Å². The Balaban J connectivity index is 1.56. The smallest absolute Gasteiger partial charge is 0.0597 e. The average molecular weight is 240 g/mol. The third-order valence-electron chi connectivity index (χ3n) is 4.26. The van der Waals surface area contributed by atoms with Crippen molar-refractivity contribution in [3.05, 3.63) is 0 Å². The second-order valence-electron chi connectivity index (χ2n) is 6.33. The first-order chi connectivity index (χ1) is 8.16. The van der Waals surface area contributed by atoms with Crippen LogP contribution in [-0.4, -0.2) is 50.3 Å². The van der Waals surface area contributed by atoms with Gasteiger partial charge in [-0.15, -0.1) is 0 Å². The van der Waals surface area contributed by atoms with Gasteiger partial charge in [0.25, 0.3) is 0 Å². The van der Waals surface area contributed by atoms with Gasteiger partial charge in [0.2, 0.25) is 0 Å². The number of hydrogen-bond donors (Lipinski definition) is 1. The highest BCUT2D eigenvalue weighted by atomic mass is 16.5. The molecule has 0 spiro atoms. The molecule has 0 atom stereocenters. The summed E-state index contributed by atoms with van der Waals surface area (Å²) in [6, 6.07) is 0. The Kier molecular flexibility index (Phi) is 4.83. The van der Waals surface area contributed by atoms with Gasteiger partial charge in [-0.3, -0.25) is 4.90 Å². The molecule has 2 rings (SSSR count). The van der Waals surface area contributed by atoms with Crippen molar-refractivity contribution in [2.45, 2.75) is 45.6 Å². The molecule has 0 aromatic carbocycles. The van der Waals surface area contributed by atoms with Crippen LogP contribution in [0.4, 0.5) is 0 Å². The SMILES string of the molecule is CC1(C)CCC(OCCN2CCNCC2)CC1. The van der Waals surface area contributed by atoms with Crippen molar-refractivity contribution in [2.24, 2.45) is 5.41 Å². The molecule has 1 heterocycles. The van der Waals surface area contributed by atoms with Crippen LogP contribution >= 0.6 is 0 Å². The van der Waals surface area contributed by atoms with E-state index < -0.39 is 0 Å². The Bertz CT molecular complexity index is 214. The van der Waals surface area contributed by atoms with E-state index in [1.54, 1.807) is 0 Å². The topological polar surface area (TPSA) is 24.5 Å². The lowest BCUT2D eigenvalue weighted by molar-refractivity contribution is -0.00550. The van der Waals surface area contributed by atoms with Gasteiger partial charge in [-0.2, -0.15) is 0 Å². The van der Waals surface area contributed by atoms with Gasteiger partial charge in [0, 0.05) is 32.7 Å². The summed E-state index contributed by atoms with van der Waals surface area (Å²) in [6.07, 6.45) is 5.70. The van der Waals surface area contributed by atoms with Crippen LogP contribution in [0.2, 0.25) is 0 Å². The van der Waals surface area contributed by atoms with Crippen LogP contribution in [-0.2, 0) is 4.74 Å². The number of nitrogens with one attached hydrogen (secondary N) is 1. The van der Waals surface area contributed by atoms with E-state index in [2.05, 4.69) is 24.1 Å². The van der Waals surface area contributed by atoms with Crippen molar-refractivity contribution < 1.29 is 4.74 Å². The molecule has 3 nitrogen and oxygen atoms in total.